The lowest BCUT2D eigenvalue weighted by molar-refractivity contribution is -0.135. The molecule has 1 aromatic rings. The normalized spacial score (nSPS) is 10.3. The Kier molecular flexibility index (Phi) is 4.71. The summed E-state index contributed by atoms with van der Waals surface area (Å²) in [7, 11) is 0. The molecule has 0 amide bonds. The summed E-state index contributed by atoms with van der Waals surface area (Å²) < 4.78 is 5.24. The topological polar surface area (TPSA) is 63.6 Å². The highest BCUT2D eigenvalue weighted by atomic mass is 16.6. The van der Waals surface area contributed by atoms with Gasteiger partial charge in [-0.3, -0.25) is 4.79 Å². The van der Waals surface area contributed by atoms with Crippen molar-refractivity contribution in [3.63, 3.8) is 0 Å². The van der Waals surface area contributed by atoms with Crippen molar-refractivity contribution in [1.29, 1.82) is 0 Å². The molecule has 0 saturated carbocycles. The number of hydrogen-bond acceptors (Lipinski definition) is 3. The first kappa shape index (κ1) is 14.8. The molecule has 1 aromatic carbocycles. The van der Waals surface area contributed by atoms with Gasteiger partial charge in [0.2, 0.25) is 0 Å². The number of carboxylic acids is 1. The Morgan fingerprint density at radius 2 is 2.00 bits per heavy atom. The lowest BCUT2D eigenvalue weighted by Gasteiger charge is -2.19. The number of carbonyl (C=O) groups excluding carboxylic acids is 1. The van der Waals surface area contributed by atoms with E-state index >= 15 is 0 Å². The van der Waals surface area contributed by atoms with Crippen molar-refractivity contribution < 1.29 is 19.4 Å². The van der Waals surface area contributed by atoms with E-state index in [9.17, 15) is 9.59 Å². The molecule has 1 N–H and O–H groups in total. The van der Waals surface area contributed by atoms with Gasteiger partial charge in [0.15, 0.2) is 0 Å². The van der Waals surface area contributed by atoms with E-state index in [1.54, 1.807) is 45.0 Å². The van der Waals surface area contributed by atoms with Crippen LogP contribution in [0, 0.1) is 11.8 Å². The van der Waals surface area contributed by atoms with Crippen LogP contribution in [0.15, 0.2) is 24.3 Å². The molecule has 0 bridgehead atoms. The number of rotatable bonds is 2. The molecule has 100 valence electrons. The second-order valence-electron chi connectivity index (χ2n) is 4.95. The van der Waals surface area contributed by atoms with E-state index in [1.807, 2.05) is 0 Å². The van der Waals surface area contributed by atoms with Gasteiger partial charge in [0, 0.05) is 5.56 Å². The lowest BCUT2D eigenvalue weighted by atomic mass is 10.1. The second-order valence-corrected chi connectivity index (χ2v) is 4.95. The van der Waals surface area contributed by atoms with Crippen LogP contribution in [0.3, 0.4) is 0 Å². The van der Waals surface area contributed by atoms with Crippen molar-refractivity contribution in [2.24, 2.45) is 0 Å². The Bertz CT molecular complexity index is 541. The van der Waals surface area contributed by atoms with Crippen LogP contribution in [0.25, 0.3) is 0 Å². The van der Waals surface area contributed by atoms with Crippen LogP contribution in [0.4, 0.5) is 0 Å². The van der Waals surface area contributed by atoms with Crippen molar-refractivity contribution in [1.82, 2.24) is 0 Å². The summed E-state index contributed by atoms with van der Waals surface area (Å²) in [6, 6.07) is 6.62. The standard InChI is InChI=1S/C15H16O4/c1-15(2,3)19-14(18)12-8-4-6-11(10-12)7-5-9-13(16)17/h4,6,8,10H,9H2,1-3H3,(H,16,17). The van der Waals surface area contributed by atoms with Crippen molar-refractivity contribution in [3.8, 4) is 11.8 Å². The number of aliphatic carboxylic acids is 1. The molecule has 0 aliphatic rings. The first-order valence-electron chi connectivity index (χ1n) is 5.82. The monoisotopic (exact) mass is 260 g/mol. The van der Waals surface area contributed by atoms with E-state index < -0.39 is 17.5 Å². The third kappa shape index (κ3) is 5.73. The van der Waals surface area contributed by atoms with Gasteiger partial charge in [0.1, 0.15) is 12.0 Å². The van der Waals surface area contributed by atoms with Crippen molar-refractivity contribution in [2.75, 3.05) is 0 Å². The van der Waals surface area contributed by atoms with Gasteiger partial charge in [-0.25, -0.2) is 4.79 Å². The number of hydrogen-bond donors (Lipinski definition) is 1. The zero-order chi connectivity index (χ0) is 14.5. The minimum atomic E-state index is -0.976. The molecule has 1 rings (SSSR count). The van der Waals surface area contributed by atoms with E-state index in [2.05, 4.69) is 11.8 Å². The highest BCUT2D eigenvalue weighted by Crippen LogP contribution is 2.13. The Hall–Kier alpha value is -2.28. The summed E-state index contributed by atoms with van der Waals surface area (Å²) in [5.74, 6) is 3.81. The van der Waals surface area contributed by atoms with Gasteiger partial charge < -0.3 is 9.84 Å². The molecule has 0 aromatic heterocycles. The summed E-state index contributed by atoms with van der Waals surface area (Å²) in [4.78, 5) is 22.2. The Labute approximate surface area is 112 Å². The Balaban J connectivity index is 2.84. The van der Waals surface area contributed by atoms with E-state index in [1.165, 1.54) is 0 Å². The fourth-order valence-electron chi connectivity index (χ4n) is 1.28. The van der Waals surface area contributed by atoms with Gasteiger partial charge in [-0.1, -0.05) is 17.9 Å². The lowest BCUT2D eigenvalue weighted by Crippen LogP contribution is -2.23. The molecule has 4 nitrogen and oxygen atoms in total. The number of carboxylic acid groups (broad SMARTS) is 1. The fourth-order valence-corrected chi connectivity index (χ4v) is 1.28. The van der Waals surface area contributed by atoms with E-state index in [-0.39, 0.29) is 6.42 Å². The maximum absolute atomic E-state index is 11.8. The fraction of sp³-hybridized carbons (Fsp3) is 0.333. The highest BCUT2D eigenvalue weighted by molar-refractivity contribution is 5.90. The summed E-state index contributed by atoms with van der Waals surface area (Å²) >= 11 is 0. The zero-order valence-corrected chi connectivity index (χ0v) is 11.2. The molecule has 0 radical (unpaired) electrons. The maximum atomic E-state index is 11.8. The summed E-state index contributed by atoms with van der Waals surface area (Å²) in [6.07, 6.45) is -0.226. The molecule has 0 atom stereocenters. The second kappa shape index (κ2) is 6.05. The quantitative estimate of drug-likeness (QED) is 0.655. The third-order valence-electron chi connectivity index (χ3n) is 1.97. The van der Waals surface area contributed by atoms with Crippen LogP contribution in [0.2, 0.25) is 0 Å². The zero-order valence-electron chi connectivity index (χ0n) is 11.2. The number of ether oxygens (including phenoxy) is 1. The Morgan fingerprint density at radius 1 is 1.32 bits per heavy atom. The third-order valence-corrected chi connectivity index (χ3v) is 1.97. The molecule has 0 spiro atoms. The molecule has 19 heavy (non-hydrogen) atoms. The van der Waals surface area contributed by atoms with Gasteiger partial charge in [-0.2, -0.15) is 0 Å². The van der Waals surface area contributed by atoms with Gasteiger partial charge in [0.25, 0.3) is 0 Å². The average Bonchev–Trinajstić information content (AvgIpc) is 2.26. The molecular formula is C15H16O4. The molecule has 0 unspecified atom stereocenters. The SMILES string of the molecule is CC(C)(C)OC(=O)c1cccc(C#CCC(=O)O)c1. The summed E-state index contributed by atoms with van der Waals surface area (Å²) in [6.45, 7) is 5.38. The van der Waals surface area contributed by atoms with E-state index in [4.69, 9.17) is 9.84 Å². The smallest absolute Gasteiger partial charge is 0.338 e. The predicted octanol–water partition coefficient (Wildman–Crippen LogP) is 2.47. The van der Waals surface area contributed by atoms with Gasteiger partial charge in [-0.05, 0) is 39.0 Å². The van der Waals surface area contributed by atoms with Crippen molar-refractivity contribution in [2.45, 2.75) is 32.8 Å². The molecule has 4 heteroatoms. The van der Waals surface area contributed by atoms with Crippen LogP contribution < -0.4 is 0 Å². The number of benzene rings is 1. The van der Waals surface area contributed by atoms with Crippen molar-refractivity contribution >= 4 is 11.9 Å². The van der Waals surface area contributed by atoms with Crippen LogP contribution in [-0.4, -0.2) is 22.6 Å². The largest absolute Gasteiger partial charge is 0.481 e. The molecule has 0 fully saturated rings. The van der Waals surface area contributed by atoms with Gasteiger partial charge >= 0.3 is 11.9 Å². The molecule has 0 aliphatic carbocycles. The molecule has 0 heterocycles. The molecule has 0 saturated heterocycles. The first-order valence-corrected chi connectivity index (χ1v) is 5.82. The number of carbonyl (C=O) groups is 2. The summed E-state index contributed by atoms with van der Waals surface area (Å²) in [5.41, 5.74) is 0.434. The van der Waals surface area contributed by atoms with Crippen molar-refractivity contribution in [3.05, 3.63) is 35.4 Å². The number of esters is 1. The van der Waals surface area contributed by atoms with Crippen LogP contribution >= 0.6 is 0 Å². The van der Waals surface area contributed by atoms with E-state index in [0.717, 1.165) is 0 Å². The highest BCUT2D eigenvalue weighted by Gasteiger charge is 2.17. The molecular weight excluding hydrogens is 244 g/mol. The first-order chi connectivity index (χ1) is 8.78. The maximum Gasteiger partial charge on any atom is 0.338 e. The van der Waals surface area contributed by atoms with Crippen LogP contribution in [0.5, 0.6) is 0 Å². The Morgan fingerprint density at radius 3 is 2.58 bits per heavy atom. The van der Waals surface area contributed by atoms with Crippen LogP contribution in [0.1, 0.15) is 43.1 Å². The van der Waals surface area contributed by atoms with Gasteiger partial charge in [0.05, 0.1) is 5.56 Å². The predicted molar refractivity (Wildman–Crippen MR) is 70.7 cm³/mol. The van der Waals surface area contributed by atoms with Crippen LogP contribution in [-0.2, 0) is 9.53 Å². The van der Waals surface area contributed by atoms with Gasteiger partial charge in [-0.15, -0.1) is 0 Å². The summed E-state index contributed by atoms with van der Waals surface area (Å²) in [5, 5.41) is 8.49. The average molecular weight is 260 g/mol. The molecule has 0 aliphatic heterocycles. The minimum absolute atomic E-state index is 0.226. The minimum Gasteiger partial charge on any atom is -0.481 e. The van der Waals surface area contributed by atoms with E-state index in [0.29, 0.717) is 11.1 Å².